The van der Waals surface area contributed by atoms with Crippen molar-refractivity contribution in [2.24, 2.45) is 0 Å². The molecule has 1 fully saturated rings. The van der Waals surface area contributed by atoms with Crippen molar-refractivity contribution < 1.29 is 9.90 Å². The molecule has 5 heteroatoms. The molecule has 1 atom stereocenters. The van der Waals surface area contributed by atoms with E-state index in [1.54, 1.807) is 11.0 Å². The summed E-state index contributed by atoms with van der Waals surface area (Å²) < 4.78 is 0. The number of anilines is 1. The maximum absolute atomic E-state index is 12.4. The van der Waals surface area contributed by atoms with E-state index in [9.17, 15) is 4.79 Å². The molecular weight excluding hydrogens is 264 g/mol. The Labute approximate surface area is 118 Å². The third-order valence-electron chi connectivity index (χ3n) is 3.52. The molecular formula is C14H19ClN2O2. The number of aliphatic hydroxyl groups is 1. The summed E-state index contributed by atoms with van der Waals surface area (Å²) in [4.78, 5) is 16.2. The largest absolute Gasteiger partial charge is 0.396 e. The van der Waals surface area contributed by atoms with E-state index in [1.807, 2.05) is 30.1 Å². The zero-order valence-corrected chi connectivity index (χ0v) is 11.8. The van der Waals surface area contributed by atoms with Crippen LogP contribution >= 0.6 is 11.6 Å². The summed E-state index contributed by atoms with van der Waals surface area (Å²) in [7, 11) is 1.92. The van der Waals surface area contributed by atoms with Crippen molar-refractivity contribution in [2.75, 3.05) is 31.6 Å². The lowest BCUT2D eigenvalue weighted by atomic mass is 10.2. The minimum absolute atomic E-state index is 0.0912. The van der Waals surface area contributed by atoms with Crippen molar-refractivity contribution in [3.63, 3.8) is 0 Å². The molecule has 0 saturated carbocycles. The topological polar surface area (TPSA) is 43.8 Å². The van der Waals surface area contributed by atoms with Crippen LogP contribution in [0.5, 0.6) is 0 Å². The van der Waals surface area contributed by atoms with E-state index in [1.165, 1.54) is 0 Å². The zero-order chi connectivity index (χ0) is 13.8. The summed E-state index contributed by atoms with van der Waals surface area (Å²) in [6, 6.07) is 7.31. The molecule has 1 amide bonds. The van der Waals surface area contributed by atoms with Crippen LogP contribution in [0.4, 0.5) is 5.69 Å². The van der Waals surface area contributed by atoms with Gasteiger partial charge in [-0.1, -0.05) is 23.7 Å². The number of nitrogens with zero attached hydrogens (tertiary/aromatic N) is 2. The maximum Gasteiger partial charge on any atom is 0.244 e. The molecule has 1 aliphatic heterocycles. The van der Waals surface area contributed by atoms with E-state index in [0.717, 1.165) is 18.7 Å². The second-order valence-corrected chi connectivity index (χ2v) is 5.21. The van der Waals surface area contributed by atoms with Crippen LogP contribution in [0, 0.1) is 0 Å². The van der Waals surface area contributed by atoms with Crippen LogP contribution in [-0.4, -0.2) is 48.7 Å². The molecule has 4 nitrogen and oxygen atoms in total. The molecule has 0 aliphatic carbocycles. The number of aliphatic hydroxyl groups excluding tert-OH is 1. The smallest absolute Gasteiger partial charge is 0.244 e. The van der Waals surface area contributed by atoms with Crippen molar-refractivity contribution in [1.29, 1.82) is 0 Å². The van der Waals surface area contributed by atoms with E-state index in [-0.39, 0.29) is 18.6 Å². The molecule has 1 aromatic carbocycles. The molecule has 0 aromatic heterocycles. The van der Waals surface area contributed by atoms with Crippen LogP contribution in [0.1, 0.15) is 12.8 Å². The highest BCUT2D eigenvalue weighted by molar-refractivity contribution is 6.33. The molecule has 1 saturated heterocycles. The number of halogens is 1. The van der Waals surface area contributed by atoms with Crippen LogP contribution in [0.3, 0.4) is 0 Å². The summed E-state index contributed by atoms with van der Waals surface area (Å²) in [5.41, 5.74) is 0.784. The second kappa shape index (κ2) is 6.37. The van der Waals surface area contributed by atoms with Gasteiger partial charge in [-0.25, -0.2) is 0 Å². The first-order valence-corrected chi connectivity index (χ1v) is 6.90. The van der Waals surface area contributed by atoms with E-state index < -0.39 is 0 Å². The first-order chi connectivity index (χ1) is 9.15. The fourth-order valence-corrected chi connectivity index (χ4v) is 2.70. The number of hydrogen-bond acceptors (Lipinski definition) is 3. The van der Waals surface area contributed by atoms with Crippen molar-refractivity contribution >= 4 is 23.2 Å². The van der Waals surface area contributed by atoms with Crippen LogP contribution in [0.15, 0.2) is 24.3 Å². The molecule has 0 radical (unpaired) electrons. The van der Waals surface area contributed by atoms with Gasteiger partial charge in [0, 0.05) is 19.7 Å². The fraction of sp³-hybridized carbons (Fsp3) is 0.500. The van der Waals surface area contributed by atoms with Gasteiger partial charge in [-0.2, -0.15) is 0 Å². The predicted molar refractivity (Wildman–Crippen MR) is 76.5 cm³/mol. The van der Waals surface area contributed by atoms with Crippen LogP contribution in [-0.2, 0) is 4.79 Å². The molecule has 0 spiro atoms. The minimum atomic E-state index is -0.108. The van der Waals surface area contributed by atoms with Crippen molar-refractivity contribution in [3.8, 4) is 0 Å². The number of rotatable bonds is 5. The summed E-state index contributed by atoms with van der Waals surface area (Å²) in [5.74, 6) is 0.0912. The van der Waals surface area contributed by atoms with Crippen LogP contribution in [0.25, 0.3) is 0 Å². The number of carbonyl (C=O) groups is 1. The molecule has 19 heavy (non-hydrogen) atoms. The Hall–Kier alpha value is -1.10. The number of benzene rings is 1. The Bertz CT molecular complexity index is 453. The second-order valence-electron chi connectivity index (χ2n) is 4.80. The first kappa shape index (κ1) is 14.3. The number of likely N-dealkylation sites (N-methyl/N-ethyl adjacent to an activating group) is 1. The molecule has 1 N–H and O–H groups in total. The van der Waals surface area contributed by atoms with Crippen LogP contribution in [0.2, 0.25) is 5.02 Å². The van der Waals surface area contributed by atoms with E-state index in [4.69, 9.17) is 16.7 Å². The fourth-order valence-electron chi connectivity index (χ4n) is 2.46. The highest BCUT2D eigenvalue weighted by Crippen LogP contribution is 2.30. The number of hydrogen-bond donors (Lipinski definition) is 1. The number of amides is 1. The van der Waals surface area contributed by atoms with Gasteiger partial charge in [0.05, 0.1) is 16.8 Å². The lowest BCUT2D eigenvalue weighted by molar-refractivity contribution is -0.121. The molecule has 0 bridgehead atoms. The summed E-state index contributed by atoms with van der Waals surface area (Å²) in [6.45, 7) is 1.57. The highest BCUT2D eigenvalue weighted by atomic mass is 35.5. The molecule has 2 rings (SSSR count). The SMILES string of the molecule is CN(CCCO)C1CCN(c2ccccc2Cl)C1=O. The van der Waals surface area contributed by atoms with Crippen LogP contribution < -0.4 is 4.90 Å². The Morgan fingerprint density at radius 3 is 2.89 bits per heavy atom. The predicted octanol–water partition coefficient (Wildman–Crippen LogP) is 1.76. The zero-order valence-electron chi connectivity index (χ0n) is 11.1. The van der Waals surface area contributed by atoms with Crippen molar-refractivity contribution in [2.45, 2.75) is 18.9 Å². The average molecular weight is 283 g/mol. The number of para-hydroxylation sites is 1. The van der Waals surface area contributed by atoms with E-state index >= 15 is 0 Å². The standard InChI is InChI=1S/C14H19ClN2O2/c1-16(8-4-10-18)13-7-9-17(14(13)19)12-6-3-2-5-11(12)15/h2-3,5-6,13,18H,4,7-10H2,1H3. The van der Waals surface area contributed by atoms with Gasteiger partial charge in [-0.05, 0) is 32.0 Å². The van der Waals surface area contributed by atoms with E-state index in [2.05, 4.69) is 0 Å². The van der Waals surface area contributed by atoms with E-state index in [0.29, 0.717) is 18.0 Å². The average Bonchev–Trinajstić information content (AvgIpc) is 2.78. The van der Waals surface area contributed by atoms with Gasteiger partial charge in [0.2, 0.25) is 5.91 Å². The summed E-state index contributed by atoms with van der Waals surface area (Å²) >= 11 is 6.14. The molecule has 1 heterocycles. The summed E-state index contributed by atoms with van der Waals surface area (Å²) in [5, 5.41) is 9.46. The Balaban J connectivity index is 2.08. The minimum Gasteiger partial charge on any atom is -0.396 e. The third-order valence-corrected chi connectivity index (χ3v) is 3.84. The van der Waals surface area contributed by atoms with Gasteiger partial charge in [0.1, 0.15) is 0 Å². The normalized spacial score (nSPS) is 19.5. The lowest BCUT2D eigenvalue weighted by Gasteiger charge is -2.23. The van der Waals surface area contributed by atoms with Gasteiger partial charge < -0.3 is 10.0 Å². The third kappa shape index (κ3) is 3.08. The Kier molecular flexibility index (Phi) is 4.80. The first-order valence-electron chi connectivity index (χ1n) is 6.52. The highest BCUT2D eigenvalue weighted by Gasteiger charge is 2.35. The van der Waals surface area contributed by atoms with Gasteiger partial charge >= 0.3 is 0 Å². The molecule has 104 valence electrons. The Morgan fingerprint density at radius 1 is 1.47 bits per heavy atom. The molecule has 1 aromatic rings. The number of carbonyl (C=O) groups excluding carboxylic acids is 1. The van der Waals surface area contributed by atoms with Gasteiger partial charge in [-0.15, -0.1) is 0 Å². The van der Waals surface area contributed by atoms with Gasteiger partial charge in [-0.3, -0.25) is 9.69 Å². The molecule has 1 aliphatic rings. The lowest BCUT2D eigenvalue weighted by Crippen LogP contribution is -2.40. The Morgan fingerprint density at radius 2 is 2.21 bits per heavy atom. The quantitative estimate of drug-likeness (QED) is 0.895. The van der Waals surface area contributed by atoms with Gasteiger partial charge in [0.25, 0.3) is 0 Å². The maximum atomic E-state index is 12.4. The van der Waals surface area contributed by atoms with Crippen molar-refractivity contribution in [1.82, 2.24) is 4.90 Å². The van der Waals surface area contributed by atoms with Gasteiger partial charge in [0.15, 0.2) is 0 Å². The molecule has 1 unspecified atom stereocenters. The van der Waals surface area contributed by atoms with Crippen molar-refractivity contribution in [3.05, 3.63) is 29.3 Å². The monoisotopic (exact) mass is 282 g/mol. The summed E-state index contributed by atoms with van der Waals surface area (Å²) in [6.07, 6.45) is 1.48.